The summed E-state index contributed by atoms with van der Waals surface area (Å²) in [5.74, 6) is -1.12. The van der Waals surface area contributed by atoms with Crippen LogP contribution in [0.2, 0.25) is 0 Å². The zero-order valence-corrected chi connectivity index (χ0v) is 9.84. The minimum absolute atomic E-state index is 0.244. The van der Waals surface area contributed by atoms with Crippen LogP contribution >= 0.6 is 11.6 Å². The van der Waals surface area contributed by atoms with Crippen LogP contribution in [0.1, 0.15) is 20.8 Å². The van der Waals surface area contributed by atoms with Crippen LogP contribution in [-0.2, 0) is 19.1 Å². The predicted octanol–water partition coefficient (Wildman–Crippen LogP) is 1.67. The number of carbonyl (C=O) groups excluding carboxylic acids is 2. The van der Waals surface area contributed by atoms with Gasteiger partial charge in [0, 0.05) is 6.08 Å². The summed E-state index contributed by atoms with van der Waals surface area (Å²) >= 11 is 5.84. The third-order valence-electron chi connectivity index (χ3n) is 1.49. The summed E-state index contributed by atoms with van der Waals surface area (Å²) in [5, 5.41) is 0. The van der Waals surface area contributed by atoms with Gasteiger partial charge >= 0.3 is 11.9 Å². The molecule has 0 bridgehead atoms. The van der Waals surface area contributed by atoms with Crippen LogP contribution in [0.25, 0.3) is 0 Å². The molecule has 0 spiro atoms. The zero-order chi connectivity index (χ0) is 11.9. The number of alkyl halides is 1. The van der Waals surface area contributed by atoms with Gasteiger partial charge in [0.25, 0.3) is 0 Å². The summed E-state index contributed by atoms with van der Waals surface area (Å²) in [4.78, 5) is 20.9. The Kier molecular flexibility index (Phi) is 6.01. The van der Waals surface area contributed by atoms with Crippen LogP contribution in [0.3, 0.4) is 0 Å². The highest BCUT2D eigenvalue weighted by Crippen LogP contribution is 2.18. The second-order valence-corrected chi connectivity index (χ2v) is 3.67. The van der Waals surface area contributed by atoms with Crippen molar-refractivity contribution >= 4 is 23.5 Å². The fraction of sp³-hybridized carbons (Fsp3) is 0.600. The van der Waals surface area contributed by atoms with Gasteiger partial charge in [-0.15, -0.1) is 11.6 Å². The van der Waals surface area contributed by atoms with Gasteiger partial charge in [0.2, 0.25) is 0 Å². The molecule has 5 heteroatoms. The van der Waals surface area contributed by atoms with Crippen LogP contribution in [-0.4, -0.2) is 30.0 Å². The van der Waals surface area contributed by atoms with E-state index in [9.17, 15) is 9.59 Å². The molecule has 0 aliphatic heterocycles. The molecule has 86 valence electrons. The SMILES string of the molecule is CCOC(=O)/C=C\C(C)(Cl)C(=O)OCC. The molecule has 0 saturated carbocycles. The van der Waals surface area contributed by atoms with E-state index in [2.05, 4.69) is 4.74 Å². The van der Waals surface area contributed by atoms with Crippen LogP contribution in [0.15, 0.2) is 12.2 Å². The van der Waals surface area contributed by atoms with E-state index in [0.29, 0.717) is 0 Å². The Bertz CT molecular complexity index is 258. The van der Waals surface area contributed by atoms with Gasteiger partial charge in [-0.2, -0.15) is 0 Å². The van der Waals surface area contributed by atoms with Crippen molar-refractivity contribution in [2.45, 2.75) is 25.6 Å². The van der Waals surface area contributed by atoms with Gasteiger partial charge in [-0.05, 0) is 26.8 Å². The standard InChI is InChI=1S/C10H15ClO4/c1-4-14-8(12)6-7-10(3,11)9(13)15-5-2/h6-7H,4-5H2,1-3H3/b7-6-. The second-order valence-electron chi connectivity index (χ2n) is 2.88. The van der Waals surface area contributed by atoms with E-state index in [1.54, 1.807) is 13.8 Å². The highest BCUT2D eigenvalue weighted by molar-refractivity contribution is 6.35. The van der Waals surface area contributed by atoms with E-state index in [4.69, 9.17) is 16.3 Å². The number of ether oxygens (including phenoxy) is 2. The van der Waals surface area contributed by atoms with Crippen molar-refractivity contribution in [2.75, 3.05) is 13.2 Å². The number of rotatable bonds is 5. The minimum Gasteiger partial charge on any atom is -0.464 e. The van der Waals surface area contributed by atoms with Crippen molar-refractivity contribution in [2.24, 2.45) is 0 Å². The average molecular weight is 235 g/mol. The first-order chi connectivity index (χ1) is 6.94. The third-order valence-corrected chi connectivity index (χ3v) is 1.77. The predicted molar refractivity (Wildman–Crippen MR) is 56.7 cm³/mol. The van der Waals surface area contributed by atoms with Gasteiger partial charge in [0.05, 0.1) is 13.2 Å². The molecule has 0 rings (SSSR count). The summed E-state index contributed by atoms with van der Waals surface area (Å²) < 4.78 is 9.37. The van der Waals surface area contributed by atoms with Gasteiger partial charge in [-0.1, -0.05) is 0 Å². The van der Waals surface area contributed by atoms with Crippen LogP contribution in [0, 0.1) is 0 Å². The van der Waals surface area contributed by atoms with Crippen LogP contribution in [0.5, 0.6) is 0 Å². The molecule has 0 N–H and O–H groups in total. The van der Waals surface area contributed by atoms with Gasteiger partial charge in [-0.25, -0.2) is 9.59 Å². The molecule has 0 amide bonds. The summed E-state index contributed by atoms with van der Waals surface area (Å²) in [6, 6.07) is 0. The Labute approximate surface area is 94.2 Å². The van der Waals surface area contributed by atoms with E-state index in [1.165, 1.54) is 13.0 Å². The lowest BCUT2D eigenvalue weighted by Gasteiger charge is -2.14. The number of halogens is 1. The zero-order valence-electron chi connectivity index (χ0n) is 9.08. The number of hydrogen-bond acceptors (Lipinski definition) is 4. The quantitative estimate of drug-likeness (QED) is 0.413. The Morgan fingerprint density at radius 2 is 1.80 bits per heavy atom. The maximum atomic E-state index is 11.3. The lowest BCUT2D eigenvalue weighted by Crippen LogP contribution is -2.29. The number of esters is 2. The van der Waals surface area contributed by atoms with Crippen LogP contribution < -0.4 is 0 Å². The Hall–Kier alpha value is -1.03. The second kappa shape index (κ2) is 6.45. The fourth-order valence-corrected chi connectivity index (χ4v) is 0.873. The first kappa shape index (κ1) is 14.0. The van der Waals surface area contributed by atoms with Gasteiger partial charge in [0.15, 0.2) is 4.87 Å². The molecule has 0 aromatic rings. The van der Waals surface area contributed by atoms with Crippen molar-refractivity contribution in [1.29, 1.82) is 0 Å². The van der Waals surface area contributed by atoms with Gasteiger partial charge < -0.3 is 9.47 Å². The largest absolute Gasteiger partial charge is 0.464 e. The molecule has 15 heavy (non-hydrogen) atoms. The van der Waals surface area contributed by atoms with Gasteiger partial charge in [-0.3, -0.25) is 0 Å². The number of carbonyl (C=O) groups is 2. The molecule has 0 fully saturated rings. The molecule has 1 unspecified atom stereocenters. The molecular weight excluding hydrogens is 220 g/mol. The lowest BCUT2D eigenvalue weighted by atomic mass is 10.1. The van der Waals surface area contributed by atoms with Crippen molar-refractivity contribution in [3.8, 4) is 0 Å². The first-order valence-corrected chi connectivity index (χ1v) is 5.04. The van der Waals surface area contributed by atoms with Crippen molar-refractivity contribution in [3.05, 3.63) is 12.2 Å². The summed E-state index contributed by atoms with van der Waals surface area (Å²) in [5.41, 5.74) is 0. The average Bonchev–Trinajstić information content (AvgIpc) is 2.16. The minimum atomic E-state index is -1.33. The Morgan fingerprint density at radius 1 is 1.27 bits per heavy atom. The molecule has 0 aliphatic carbocycles. The summed E-state index contributed by atoms with van der Waals surface area (Å²) in [7, 11) is 0. The van der Waals surface area contributed by atoms with E-state index in [0.717, 1.165) is 6.08 Å². The van der Waals surface area contributed by atoms with Crippen molar-refractivity contribution in [1.82, 2.24) is 0 Å². The lowest BCUT2D eigenvalue weighted by molar-refractivity contribution is -0.144. The summed E-state index contributed by atoms with van der Waals surface area (Å²) in [6.07, 6.45) is 2.37. The molecule has 4 nitrogen and oxygen atoms in total. The van der Waals surface area contributed by atoms with Crippen LogP contribution in [0.4, 0.5) is 0 Å². The van der Waals surface area contributed by atoms with Crippen molar-refractivity contribution in [3.63, 3.8) is 0 Å². The van der Waals surface area contributed by atoms with E-state index in [-0.39, 0.29) is 13.2 Å². The van der Waals surface area contributed by atoms with E-state index >= 15 is 0 Å². The van der Waals surface area contributed by atoms with Crippen molar-refractivity contribution < 1.29 is 19.1 Å². The van der Waals surface area contributed by atoms with E-state index < -0.39 is 16.8 Å². The fourth-order valence-electron chi connectivity index (χ4n) is 0.755. The maximum absolute atomic E-state index is 11.3. The highest BCUT2D eigenvalue weighted by Gasteiger charge is 2.29. The molecule has 0 heterocycles. The molecule has 0 aromatic heterocycles. The first-order valence-electron chi connectivity index (χ1n) is 4.66. The topological polar surface area (TPSA) is 52.6 Å². The molecule has 0 radical (unpaired) electrons. The Balaban J connectivity index is 4.35. The Morgan fingerprint density at radius 3 is 2.27 bits per heavy atom. The van der Waals surface area contributed by atoms with Gasteiger partial charge in [0.1, 0.15) is 0 Å². The summed E-state index contributed by atoms with van der Waals surface area (Å²) in [6.45, 7) is 5.34. The normalized spacial score (nSPS) is 14.7. The molecule has 0 aliphatic rings. The number of hydrogen-bond donors (Lipinski definition) is 0. The monoisotopic (exact) mass is 234 g/mol. The maximum Gasteiger partial charge on any atom is 0.330 e. The molecule has 1 atom stereocenters. The molecule has 0 aromatic carbocycles. The smallest absolute Gasteiger partial charge is 0.330 e. The highest BCUT2D eigenvalue weighted by atomic mass is 35.5. The third kappa shape index (κ3) is 5.42. The molecular formula is C10H15ClO4. The van der Waals surface area contributed by atoms with E-state index in [1.807, 2.05) is 0 Å². The molecule has 0 saturated heterocycles.